The highest BCUT2D eigenvalue weighted by Gasteiger charge is 2.11. The molecule has 0 atom stereocenters. The number of hydrogen-bond donors (Lipinski definition) is 0. The first-order chi connectivity index (χ1) is 7.68. The second-order valence-corrected chi connectivity index (χ2v) is 4.82. The van der Waals surface area contributed by atoms with Crippen LogP contribution in [0.15, 0.2) is 29.1 Å². The normalized spacial score (nSPS) is 11.4. The molecule has 1 aromatic carbocycles. The molecule has 0 amide bonds. The molecule has 0 aliphatic heterocycles. The van der Waals surface area contributed by atoms with Crippen LogP contribution in [-0.2, 0) is 7.05 Å². The number of rotatable bonds is 0. The molecule has 0 radical (unpaired) electrons. The van der Waals surface area contributed by atoms with Crippen molar-refractivity contribution < 1.29 is 0 Å². The Morgan fingerprint density at radius 1 is 1.31 bits per heavy atom. The number of aromatic nitrogens is 2. The smallest absolute Gasteiger partial charge is 0.260 e. The van der Waals surface area contributed by atoms with Crippen molar-refractivity contribution in [3.8, 4) is 0 Å². The van der Waals surface area contributed by atoms with Gasteiger partial charge in [-0.15, -0.1) is 0 Å². The van der Waals surface area contributed by atoms with Gasteiger partial charge in [-0.05, 0) is 13.0 Å². The molecule has 3 aromatic rings. The lowest BCUT2D eigenvalue weighted by molar-refractivity contribution is 0.888. The van der Waals surface area contributed by atoms with Crippen LogP contribution < -0.4 is 4.74 Å². The summed E-state index contributed by atoms with van der Waals surface area (Å²) in [5.74, 6) is 0.871. The lowest BCUT2D eigenvalue weighted by Crippen LogP contribution is -1.96. The number of benzene rings is 1. The zero-order chi connectivity index (χ0) is 11.3. The molecular weight excluding hydrogens is 220 g/mol. The second kappa shape index (κ2) is 3.15. The molecular formula is C12H10N2OS. The van der Waals surface area contributed by atoms with Gasteiger partial charge in [0.05, 0.1) is 5.52 Å². The molecule has 0 unspecified atom stereocenters. The number of hydrogen-bond acceptors (Lipinski definition) is 3. The molecule has 4 heteroatoms. The lowest BCUT2D eigenvalue weighted by atomic mass is 10.2. The van der Waals surface area contributed by atoms with Gasteiger partial charge >= 0.3 is 0 Å². The van der Waals surface area contributed by atoms with Crippen LogP contribution in [0.4, 0.5) is 0 Å². The van der Waals surface area contributed by atoms with Crippen molar-refractivity contribution >= 4 is 32.5 Å². The summed E-state index contributed by atoms with van der Waals surface area (Å²) in [6.45, 7) is 1.92. The molecule has 0 saturated heterocycles. The van der Waals surface area contributed by atoms with Crippen LogP contribution in [0.3, 0.4) is 0 Å². The maximum atomic E-state index is 11.9. The van der Waals surface area contributed by atoms with Gasteiger partial charge in [-0.2, -0.15) is 0 Å². The van der Waals surface area contributed by atoms with Crippen LogP contribution in [0.25, 0.3) is 21.1 Å². The molecule has 80 valence electrons. The molecule has 2 heterocycles. The van der Waals surface area contributed by atoms with Crippen molar-refractivity contribution in [2.45, 2.75) is 6.92 Å². The molecule has 3 nitrogen and oxygen atoms in total. The summed E-state index contributed by atoms with van der Waals surface area (Å²) in [4.78, 5) is 16.2. The fourth-order valence-corrected chi connectivity index (χ4v) is 2.82. The Morgan fingerprint density at radius 3 is 2.88 bits per heavy atom. The largest absolute Gasteiger partial charge is 0.331 e. The third-order valence-electron chi connectivity index (χ3n) is 2.86. The van der Waals surface area contributed by atoms with E-state index in [0.717, 1.165) is 21.4 Å². The molecule has 0 fully saturated rings. The monoisotopic (exact) mass is 230 g/mol. The Bertz CT molecular complexity index is 755. The molecule has 2 aromatic heterocycles. The third-order valence-corrected chi connectivity index (χ3v) is 3.81. The minimum absolute atomic E-state index is 0.0393. The lowest BCUT2D eigenvalue weighted by Gasteiger charge is -2.00. The van der Waals surface area contributed by atoms with Gasteiger partial charge in [-0.25, -0.2) is 4.98 Å². The van der Waals surface area contributed by atoms with Crippen LogP contribution in [0.5, 0.6) is 0 Å². The minimum atomic E-state index is 0.0393. The van der Waals surface area contributed by atoms with Crippen molar-refractivity contribution in [3.63, 3.8) is 0 Å². The van der Waals surface area contributed by atoms with Gasteiger partial charge < -0.3 is 4.57 Å². The van der Waals surface area contributed by atoms with E-state index in [2.05, 4.69) is 4.98 Å². The van der Waals surface area contributed by atoms with E-state index in [-0.39, 0.29) is 4.74 Å². The second-order valence-electron chi connectivity index (χ2n) is 3.80. The summed E-state index contributed by atoms with van der Waals surface area (Å²) in [6.07, 6.45) is 0. The molecule has 0 saturated carbocycles. The summed E-state index contributed by atoms with van der Waals surface area (Å²) in [5.41, 5.74) is 1.53. The number of fused-ring (bicyclic) bond motifs is 3. The highest BCUT2D eigenvalue weighted by Crippen LogP contribution is 2.25. The Balaban J connectivity index is 2.73. The molecule has 0 aliphatic rings. The summed E-state index contributed by atoms with van der Waals surface area (Å²) < 4.78 is 3.03. The summed E-state index contributed by atoms with van der Waals surface area (Å²) in [5, 5.41) is 1.10. The third kappa shape index (κ3) is 1.13. The summed E-state index contributed by atoms with van der Waals surface area (Å²) in [6, 6.07) is 7.95. The van der Waals surface area contributed by atoms with E-state index in [0.29, 0.717) is 5.52 Å². The Hall–Kier alpha value is -1.68. The van der Waals surface area contributed by atoms with Gasteiger partial charge in [0.2, 0.25) is 0 Å². The van der Waals surface area contributed by atoms with Crippen molar-refractivity contribution in [3.05, 3.63) is 39.6 Å². The number of aryl methyl sites for hydroxylation is 2. The summed E-state index contributed by atoms with van der Waals surface area (Å²) in [7, 11) is 1.95. The number of nitrogens with zero attached hydrogens (tertiary/aromatic N) is 2. The fourth-order valence-electron chi connectivity index (χ4n) is 1.96. The first-order valence-corrected chi connectivity index (χ1v) is 5.85. The van der Waals surface area contributed by atoms with Gasteiger partial charge in [0.1, 0.15) is 11.3 Å². The SMILES string of the molecule is Cc1nc2c(=O)sc3ccccc3c2n1C. The van der Waals surface area contributed by atoms with Crippen LogP contribution in [0.1, 0.15) is 5.82 Å². The zero-order valence-corrected chi connectivity index (χ0v) is 9.84. The Labute approximate surface area is 96.0 Å². The van der Waals surface area contributed by atoms with E-state index in [1.54, 1.807) is 0 Å². The van der Waals surface area contributed by atoms with Crippen molar-refractivity contribution in [1.82, 2.24) is 9.55 Å². The quantitative estimate of drug-likeness (QED) is 0.594. The fraction of sp³-hybridized carbons (Fsp3) is 0.167. The van der Waals surface area contributed by atoms with E-state index >= 15 is 0 Å². The van der Waals surface area contributed by atoms with Gasteiger partial charge in [-0.1, -0.05) is 29.5 Å². The van der Waals surface area contributed by atoms with E-state index in [4.69, 9.17) is 0 Å². The van der Waals surface area contributed by atoms with Gasteiger partial charge in [-0.3, -0.25) is 4.79 Å². The van der Waals surface area contributed by atoms with Gasteiger partial charge in [0.15, 0.2) is 0 Å². The maximum absolute atomic E-state index is 11.9. The Kier molecular flexibility index (Phi) is 1.88. The van der Waals surface area contributed by atoms with Gasteiger partial charge in [0.25, 0.3) is 4.74 Å². The first-order valence-electron chi connectivity index (χ1n) is 5.03. The average molecular weight is 230 g/mol. The van der Waals surface area contributed by atoms with E-state index in [9.17, 15) is 4.79 Å². The van der Waals surface area contributed by atoms with E-state index < -0.39 is 0 Å². The maximum Gasteiger partial charge on any atom is 0.260 e. The van der Waals surface area contributed by atoms with E-state index in [1.807, 2.05) is 42.8 Å². The van der Waals surface area contributed by atoms with Crippen molar-refractivity contribution in [2.75, 3.05) is 0 Å². The Morgan fingerprint density at radius 2 is 2.06 bits per heavy atom. The van der Waals surface area contributed by atoms with Crippen LogP contribution >= 0.6 is 11.3 Å². The minimum Gasteiger partial charge on any atom is -0.331 e. The summed E-state index contributed by atoms with van der Waals surface area (Å²) >= 11 is 1.26. The topological polar surface area (TPSA) is 34.9 Å². The van der Waals surface area contributed by atoms with Crippen LogP contribution in [0.2, 0.25) is 0 Å². The average Bonchev–Trinajstić information content (AvgIpc) is 2.57. The highest BCUT2D eigenvalue weighted by atomic mass is 32.1. The predicted molar refractivity (Wildman–Crippen MR) is 67.1 cm³/mol. The van der Waals surface area contributed by atoms with E-state index in [1.165, 1.54) is 11.3 Å². The molecule has 0 N–H and O–H groups in total. The first kappa shape index (κ1) is 9.54. The molecule has 3 rings (SSSR count). The highest BCUT2D eigenvalue weighted by molar-refractivity contribution is 7.16. The standard InChI is InChI=1S/C12H10N2OS/c1-7-13-10-11(14(7)2)8-5-3-4-6-9(8)16-12(10)15/h3-6H,1-2H3. The molecule has 0 spiro atoms. The van der Waals surface area contributed by atoms with Crippen LogP contribution in [-0.4, -0.2) is 9.55 Å². The molecule has 16 heavy (non-hydrogen) atoms. The van der Waals surface area contributed by atoms with Gasteiger partial charge in [0, 0.05) is 17.1 Å². The van der Waals surface area contributed by atoms with Crippen molar-refractivity contribution in [1.29, 1.82) is 0 Å². The molecule has 0 aliphatic carbocycles. The predicted octanol–water partition coefficient (Wildman–Crippen LogP) is 2.46. The zero-order valence-electron chi connectivity index (χ0n) is 9.02. The number of imidazole rings is 1. The van der Waals surface area contributed by atoms with Crippen molar-refractivity contribution in [2.24, 2.45) is 7.05 Å². The molecule has 0 bridgehead atoms. The van der Waals surface area contributed by atoms with Crippen LogP contribution in [0, 0.1) is 6.92 Å².